The molecule has 0 heterocycles. The highest BCUT2D eigenvalue weighted by atomic mass is 16.6. The SMILES string of the molecule is CCCCCC/C(=N\OC)c1ccc(O)c(O)c1. The van der Waals surface area contributed by atoms with Gasteiger partial charge in [0.1, 0.15) is 7.11 Å². The van der Waals surface area contributed by atoms with Crippen molar-refractivity contribution in [1.29, 1.82) is 0 Å². The first-order valence-corrected chi connectivity index (χ1v) is 6.31. The van der Waals surface area contributed by atoms with Gasteiger partial charge < -0.3 is 15.1 Å². The van der Waals surface area contributed by atoms with E-state index in [2.05, 4.69) is 12.1 Å². The molecule has 1 aromatic rings. The van der Waals surface area contributed by atoms with E-state index < -0.39 is 0 Å². The van der Waals surface area contributed by atoms with Gasteiger partial charge in [-0.3, -0.25) is 0 Å². The zero-order valence-corrected chi connectivity index (χ0v) is 11.0. The summed E-state index contributed by atoms with van der Waals surface area (Å²) < 4.78 is 0. The van der Waals surface area contributed by atoms with Crippen molar-refractivity contribution in [3.05, 3.63) is 23.8 Å². The second-order valence-corrected chi connectivity index (χ2v) is 4.23. The molecule has 0 aliphatic carbocycles. The van der Waals surface area contributed by atoms with Crippen molar-refractivity contribution in [2.24, 2.45) is 5.16 Å². The zero-order valence-electron chi connectivity index (χ0n) is 11.0. The third kappa shape index (κ3) is 4.28. The van der Waals surface area contributed by atoms with Gasteiger partial charge in [-0.2, -0.15) is 0 Å². The molecule has 0 radical (unpaired) electrons. The molecule has 0 unspecified atom stereocenters. The van der Waals surface area contributed by atoms with Gasteiger partial charge in [0, 0.05) is 5.56 Å². The molecule has 0 saturated carbocycles. The van der Waals surface area contributed by atoms with Crippen molar-refractivity contribution in [3.8, 4) is 11.5 Å². The van der Waals surface area contributed by atoms with Gasteiger partial charge in [-0.05, 0) is 31.0 Å². The number of benzene rings is 1. The highest BCUT2D eigenvalue weighted by Gasteiger charge is 2.08. The quantitative estimate of drug-likeness (QED) is 0.338. The largest absolute Gasteiger partial charge is 0.504 e. The molecule has 100 valence electrons. The van der Waals surface area contributed by atoms with E-state index in [1.807, 2.05) is 0 Å². The summed E-state index contributed by atoms with van der Waals surface area (Å²) >= 11 is 0. The van der Waals surface area contributed by atoms with Crippen molar-refractivity contribution in [2.75, 3.05) is 7.11 Å². The fourth-order valence-corrected chi connectivity index (χ4v) is 1.78. The van der Waals surface area contributed by atoms with Crippen molar-refractivity contribution < 1.29 is 15.1 Å². The molecule has 0 aromatic heterocycles. The highest BCUT2D eigenvalue weighted by Crippen LogP contribution is 2.26. The molecule has 0 amide bonds. The number of hydrogen-bond acceptors (Lipinski definition) is 4. The van der Waals surface area contributed by atoms with Gasteiger partial charge in [0.15, 0.2) is 11.5 Å². The summed E-state index contributed by atoms with van der Waals surface area (Å²) in [5, 5.41) is 22.7. The minimum atomic E-state index is -0.134. The van der Waals surface area contributed by atoms with Crippen LogP contribution in [0.15, 0.2) is 23.4 Å². The summed E-state index contributed by atoms with van der Waals surface area (Å²) in [4.78, 5) is 4.83. The van der Waals surface area contributed by atoms with Gasteiger partial charge in [-0.25, -0.2) is 0 Å². The lowest BCUT2D eigenvalue weighted by molar-refractivity contribution is 0.212. The topological polar surface area (TPSA) is 62.0 Å². The van der Waals surface area contributed by atoms with Gasteiger partial charge in [0.2, 0.25) is 0 Å². The first kappa shape index (κ1) is 14.4. The number of rotatable bonds is 7. The number of oxime groups is 1. The van der Waals surface area contributed by atoms with Crippen LogP contribution >= 0.6 is 0 Å². The van der Waals surface area contributed by atoms with E-state index in [9.17, 15) is 10.2 Å². The minimum absolute atomic E-state index is 0.124. The van der Waals surface area contributed by atoms with E-state index >= 15 is 0 Å². The van der Waals surface area contributed by atoms with Crippen molar-refractivity contribution in [1.82, 2.24) is 0 Å². The van der Waals surface area contributed by atoms with Crippen LogP contribution in [0.4, 0.5) is 0 Å². The summed E-state index contributed by atoms with van der Waals surface area (Å²) in [5.41, 5.74) is 1.58. The Morgan fingerprint density at radius 3 is 2.56 bits per heavy atom. The maximum atomic E-state index is 9.48. The van der Waals surface area contributed by atoms with Crippen molar-refractivity contribution in [3.63, 3.8) is 0 Å². The molecule has 0 aliphatic rings. The highest BCUT2D eigenvalue weighted by molar-refractivity contribution is 6.00. The molecule has 0 saturated heterocycles. The Kier molecular flexibility index (Phi) is 6.05. The van der Waals surface area contributed by atoms with E-state index in [1.165, 1.54) is 32.1 Å². The molecular formula is C14H21NO3. The average Bonchev–Trinajstić information content (AvgIpc) is 2.37. The first-order chi connectivity index (χ1) is 8.69. The molecule has 0 spiro atoms. The monoisotopic (exact) mass is 251 g/mol. The smallest absolute Gasteiger partial charge is 0.158 e. The van der Waals surface area contributed by atoms with Crippen LogP contribution in [-0.2, 0) is 4.84 Å². The number of unbranched alkanes of at least 4 members (excludes halogenated alkanes) is 3. The fraction of sp³-hybridized carbons (Fsp3) is 0.500. The van der Waals surface area contributed by atoms with Crippen LogP contribution < -0.4 is 0 Å². The number of phenols is 2. The normalized spacial score (nSPS) is 11.6. The summed E-state index contributed by atoms with van der Waals surface area (Å²) in [6.07, 6.45) is 5.40. The van der Waals surface area contributed by atoms with Crippen LogP contribution in [0.1, 0.15) is 44.6 Å². The summed E-state index contributed by atoms with van der Waals surface area (Å²) in [6.45, 7) is 2.17. The Hall–Kier alpha value is -1.71. The molecule has 0 fully saturated rings. The maximum Gasteiger partial charge on any atom is 0.158 e. The molecule has 0 aliphatic heterocycles. The lowest BCUT2D eigenvalue weighted by Crippen LogP contribution is -2.01. The second-order valence-electron chi connectivity index (χ2n) is 4.23. The number of aromatic hydroxyl groups is 2. The standard InChI is InChI=1S/C14H21NO3/c1-3-4-5-6-7-12(15-18-2)11-8-9-13(16)14(17)10-11/h8-10,16-17H,3-7H2,1-2H3/b15-12+. The fourth-order valence-electron chi connectivity index (χ4n) is 1.78. The van der Waals surface area contributed by atoms with Crippen LogP contribution in [0.2, 0.25) is 0 Å². The molecule has 2 N–H and O–H groups in total. The van der Waals surface area contributed by atoms with E-state index in [4.69, 9.17) is 4.84 Å². The van der Waals surface area contributed by atoms with Crippen LogP contribution in [0.5, 0.6) is 11.5 Å². The van der Waals surface area contributed by atoms with E-state index in [-0.39, 0.29) is 11.5 Å². The number of hydrogen-bond donors (Lipinski definition) is 2. The summed E-state index contributed by atoms with van der Waals surface area (Å²) in [5.74, 6) is -0.258. The Labute approximate surface area is 108 Å². The minimum Gasteiger partial charge on any atom is -0.504 e. The van der Waals surface area contributed by atoms with Gasteiger partial charge in [0.05, 0.1) is 5.71 Å². The molecule has 1 rings (SSSR count). The van der Waals surface area contributed by atoms with E-state index in [1.54, 1.807) is 6.07 Å². The average molecular weight is 251 g/mol. The van der Waals surface area contributed by atoms with E-state index in [0.29, 0.717) is 0 Å². The van der Waals surface area contributed by atoms with Crippen LogP contribution in [0.3, 0.4) is 0 Å². The second kappa shape index (κ2) is 7.58. The van der Waals surface area contributed by atoms with Gasteiger partial charge in [-0.1, -0.05) is 31.3 Å². The lowest BCUT2D eigenvalue weighted by atomic mass is 10.0. The Bertz CT molecular complexity index is 402. The first-order valence-electron chi connectivity index (χ1n) is 6.31. The molecule has 4 nitrogen and oxygen atoms in total. The van der Waals surface area contributed by atoms with Crippen LogP contribution in [0, 0.1) is 0 Å². The molecule has 18 heavy (non-hydrogen) atoms. The van der Waals surface area contributed by atoms with Gasteiger partial charge >= 0.3 is 0 Å². The molecule has 1 aromatic carbocycles. The summed E-state index contributed by atoms with van der Waals surface area (Å²) in [7, 11) is 1.51. The van der Waals surface area contributed by atoms with E-state index in [0.717, 1.165) is 30.5 Å². The van der Waals surface area contributed by atoms with Gasteiger partial charge in [0.25, 0.3) is 0 Å². The third-order valence-electron chi connectivity index (χ3n) is 2.78. The van der Waals surface area contributed by atoms with Crippen molar-refractivity contribution in [2.45, 2.75) is 39.0 Å². The molecule has 4 heteroatoms. The van der Waals surface area contributed by atoms with Crippen molar-refractivity contribution >= 4 is 5.71 Å². The molecular weight excluding hydrogens is 230 g/mol. The molecule has 0 atom stereocenters. The van der Waals surface area contributed by atoms with Gasteiger partial charge in [-0.15, -0.1) is 0 Å². The predicted octanol–water partition coefficient (Wildman–Crippen LogP) is 3.42. The Balaban J connectivity index is 2.72. The number of nitrogens with zero attached hydrogens (tertiary/aromatic N) is 1. The Morgan fingerprint density at radius 2 is 1.94 bits per heavy atom. The van der Waals surface area contributed by atoms with Crippen LogP contribution in [-0.4, -0.2) is 23.0 Å². The number of phenolic OH excluding ortho intramolecular Hbond substituents is 2. The zero-order chi connectivity index (χ0) is 13.4. The predicted molar refractivity (Wildman–Crippen MR) is 72.1 cm³/mol. The lowest BCUT2D eigenvalue weighted by Gasteiger charge is -2.07. The maximum absolute atomic E-state index is 9.48. The summed E-state index contributed by atoms with van der Waals surface area (Å²) in [6, 6.07) is 4.70. The van der Waals surface area contributed by atoms with Crippen LogP contribution in [0.25, 0.3) is 0 Å². The Morgan fingerprint density at radius 1 is 1.17 bits per heavy atom. The molecule has 0 bridgehead atoms. The third-order valence-corrected chi connectivity index (χ3v) is 2.78.